The molecule has 0 spiro atoms. The summed E-state index contributed by atoms with van der Waals surface area (Å²) in [7, 11) is -0.593. The van der Waals surface area contributed by atoms with Crippen molar-refractivity contribution in [3.05, 3.63) is 28.2 Å². The molecule has 4 nitrogen and oxygen atoms in total. The Bertz CT molecular complexity index is 477. The van der Waals surface area contributed by atoms with E-state index in [1.807, 2.05) is 40.7 Å². The van der Waals surface area contributed by atoms with Gasteiger partial charge < -0.3 is 14.3 Å². The van der Waals surface area contributed by atoms with Crippen molar-refractivity contribution in [2.75, 3.05) is 0 Å². The minimum Gasteiger partial charge on any atom is -0.399 e. The standard InChI is InChI=1S/C12H18BNO3/c1-8-6-7-9(10(15)14-8)13-16-11(2,3)12(4,5)17-13/h6-7H,1-5H3,(H,14,15). The van der Waals surface area contributed by atoms with Crippen molar-refractivity contribution in [3.63, 3.8) is 0 Å². The molecule has 0 amide bonds. The smallest absolute Gasteiger partial charge is 0.399 e. The highest BCUT2D eigenvalue weighted by atomic mass is 16.7. The summed E-state index contributed by atoms with van der Waals surface area (Å²) in [5.41, 5.74) is 0.359. The number of hydrogen-bond acceptors (Lipinski definition) is 3. The van der Waals surface area contributed by atoms with E-state index in [4.69, 9.17) is 9.31 Å². The van der Waals surface area contributed by atoms with Gasteiger partial charge in [0.05, 0.1) is 11.2 Å². The molecule has 2 rings (SSSR count). The molecule has 0 aromatic carbocycles. The zero-order chi connectivity index (χ0) is 12.8. The Morgan fingerprint density at radius 3 is 2.12 bits per heavy atom. The Balaban J connectivity index is 2.36. The van der Waals surface area contributed by atoms with Crippen molar-refractivity contribution in [1.29, 1.82) is 0 Å². The van der Waals surface area contributed by atoms with E-state index in [1.54, 1.807) is 6.07 Å². The number of rotatable bonds is 1. The molecule has 0 radical (unpaired) electrons. The minimum atomic E-state index is -0.593. The number of hydrogen-bond donors (Lipinski definition) is 1. The molecule has 0 aliphatic carbocycles. The molecule has 1 aliphatic heterocycles. The first kappa shape index (κ1) is 12.4. The summed E-state index contributed by atoms with van der Waals surface area (Å²) in [4.78, 5) is 14.6. The van der Waals surface area contributed by atoms with Gasteiger partial charge in [-0.15, -0.1) is 0 Å². The quantitative estimate of drug-likeness (QED) is 0.738. The Hall–Kier alpha value is -1.07. The average molecular weight is 235 g/mol. The van der Waals surface area contributed by atoms with Gasteiger partial charge in [0.15, 0.2) is 0 Å². The molecule has 1 N–H and O–H groups in total. The fraction of sp³-hybridized carbons (Fsp3) is 0.583. The molecular formula is C12H18BNO3. The van der Waals surface area contributed by atoms with E-state index in [0.29, 0.717) is 5.46 Å². The van der Waals surface area contributed by atoms with Gasteiger partial charge in [-0.05, 0) is 40.7 Å². The van der Waals surface area contributed by atoms with E-state index in [9.17, 15) is 4.79 Å². The fourth-order valence-corrected chi connectivity index (χ4v) is 1.74. The van der Waals surface area contributed by atoms with Gasteiger partial charge in [0.2, 0.25) is 5.56 Å². The first-order chi connectivity index (χ1) is 7.73. The number of aromatic nitrogens is 1. The lowest BCUT2D eigenvalue weighted by Gasteiger charge is -2.32. The van der Waals surface area contributed by atoms with Gasteiger partial charge in [-0.1, -0.05) is 6.07 Å². The van der Waals surface area contributed by atoms with Gasteiger partial charge in [0, 0.05) is 11.2 Å². The number of aryl methyl sites for hydroxylation is 1. The van der Waals surface area contributed by atoms with Crippen LogP contribution in [0, 0.1) is 6.92 Å². The van der Waals surface area contributed by atoms with Crippen molar-refractivity contribution in [3.8, 4) is 0 Å². The molecule has 1 saturated heterocycles. The number of H-pyrrole nitrogens is 1. The maximum Gasteiger partial charge on any atom is 0.500 e. The SMILES string of the molecule is Cc1ccc(B2OC(C)(C)C(C)(C)O2)c(=O)[nH]1. The van der Waals surface area contributed by atoms with Crippen LogP contribution in [-0.4, -0.2) is 23.3 Å². The Morgan fingerprint density at radius 1 is 1.12 bits per heavy atom. The normalized spacial score (nSPS) is 21.8. The van der Waals surface area contributed by atoms with Crippen LogP contribution < -0.4 is 11.0 Å². The van der Waals surface area contributed by atoms with Gasteiger partial charge in [-0.3, -0.25) is 4.79 Å². The van der Waals surface area contributed by atoms with Crippen molar-refractivity contribution in [2.24, 2.45) is 0 Å². The van der Waals surface area contributed by atoms with Gasteiger partial charge in [-0.25, -0.2) is 0 Å². The fourth-order valence-electron chi connectivity index (χ4n) is 1.74. The Morgan fingerprint density at radius 2 is 1.65 bits per heavy atom. The monoisotopic (exact) mass is 235 g/mol. The number of nitrogens with one attached hydrogen (secondary N) is 1. The van der Waals surface area contributed by atoms with E-state index in [2.05, 4.69) is 4.98 Å². The molecule has 1 aromatic rings. The van der Waals surface area contributed by atoms with Crippen LogP contribution in [0.1, 0.15) is 33.4 Å². The van der Waals surface area contributed by atoms with Crippen molar-refractivity contribution in [2.45, 2.75) is 45.8 Å². The van der Waals surface area contributed by atoms with Crippen molar-refractivity contribution in [1.82, 2.24) is 4.98 Å². The molecule has 1 aromatic heterocycles. The third-order valence-corrected chi connectivity index (χ3v) is 3.59. The second-order valence-electron chi connectivity index (χ2n) is 5.51. The van der Waals surface area contributed by atoms with Gasteiger partial charge >= 0.3 is 7.12 Å². The minimum absolute atomic E-state index is 0.150. The largest absolute Gasteiger partial charge is 0.500 e. The van der Waals surface area contributed by atoms with Crippen LogP contribution in [0.25, 0.3) is 0 Å². The molecular weight excluding hydrogens is 217 g/mol. The van der Waals surface area contributed by atoms with E-state index in [-0.39, 0.29) is 5.56 Å². The molecule has 92 valence electrons. The summed E-state index contributed by atoms with van der Waals surface area (Å²) in [6, 6.07) is 3.61. The zero-order valence-electron chi connectivity index (χ0n) is 11.0. The molecule has 0 saturated carbocycles. The highest BCUT2D eigenvalue weighted by Gasteiger charge is 2.52. The summed E-state index contributed by atoms with van der Waals surface area (Å²) in [5, 5.41) is 0. The van der Waals surface area contributed by atoms with Crippen LogP contribution >= 0.6 is 0 Å². The third-order valence-electron chi connectivity index (χ3n) is 3.59. The van der Waals surface area contributed by atoms with Crippen LogP contribution in [0.15, 0.2) is 16.9 Å². The first-order valence-electron chi connectivity index (χ1n) is 5.78. The lowest BCUT2D eigenvalue weighted by Crippen LogP contribution is -2.44. The number of pyridine rings is 1. The molecule has 0 unspecified atom stereocenters. The van der Waals surface area contributed by atoms with Crippen molar-refractivity contribution >= 4 is 12.6 Å². The van der Waals surface area contributed by atoms with Gasteiger partial charge in [0.1, 0.15) is 0 Å². The van der Waals surface area contributed by atoms with E-state index in [0.717, 1.165) is 5.69 Å². The van der Waals surface area contributed by atoms with Crippen LogP contribution in [0.4, 0.5) is 0 Å². The summed E-state index contributed by atoms with van der Waals surface area (Å²) >= 11 is 0. The molecule has 1 aliphatic rings. The zero-order valence-corrected chi connectivity index (χ0v) is 11.0. The van der Waals surface area contributed by atoms with Crippen LogP contribution in [0.5, 0.6) is 0 Å². The van der Waals surface area contributed by atoms with Gasteiger partial charge in [0.25, 0.3) is 0 Å². The highest BCUT2D eigenvalue weighted by molar-refractivity contribution is 6.61. The summed E-state index contributed by atoms with van der Waals surface area (Å²) in [6.07, 6.45) is 0. The van der Waals surface area contributed by atoms with Crippen LogP contribution in [0.2, 0.25) is 0 Å². The molecule has 0 bridgehead atoms. The summed E-state index contributed by atoms with van der Waals surface area (Å²) in [5.74, 6) is 0. The second kappa shape index (κ2) is 3.72. The predicted octanol–water partition coefficient (Wildman–Crippen LogP) is 0.983. The van der Waals surface area contributed by atoms with Crippen molar-refractivity contribution < 1.29 is 9.31 Å². The first-order valence-corrected chi connectivity index (χ1v) is 5.78. The van der Waals surface area contributed by atoms with Crippen LogP contribution in [0.3, 0.4) is 0 Å². The topological polar surface area (TPSA) is 51.3 Å². The van der Waals surface area contributed by atoms with Gasteiger partial charge in [-0.2, -0.15) is 0 Å². The molecule has 5 heteroatoms. The lowest BCUT2D eigenvalue weighted by molar-refractivity contribution is 0.00578. The Kier molecular flexibility index (Phi) is 2.71. The van der Waals surface area contributed by atoms with Crippen LogP contribution in [-0.2, 0) is 9.31 Å². The summed E-state index contributed by atoms with van der Waals surface area (Å²) < 4.78 is 11.7. The van der Waals surface area contributed by atoms with E-state index in [1.165, 1.54) is 0 Å². The van der Waals surface area contributed by atoms with E-state index < -0.39 is 18.3 Å². The maximum absolute atomic E-state index is 11.8. The molecule has 0 atom stereocenters. The molecule has 17 heavy (non-hydrogen) atoms. The summed E-state index contributed by atoms with van der Waals surface area (Å²) in [6.45, 7) is 9.71. The second-order valence-corrected chi connectivity index (χ2v) is 5.51. The molecule has 2 heterocycles. The third kappa shape index (κ3) is 2.05. The lowest BCUT2D eigenvalue weighted by atomic mass is 9.80. The predicted molar refractivity (Wildman–Crippen MR) is 67.5 cm³/mol. The average Bonchev–Trinajstić information content (AvgIpc) is 2.35. The number of aromatic amines is 1. The molecule has 1 fully saturated rings. The maximum atomic E-state index is 11.8. The Labute approximate surface area is 101 Å². The highest BCUT2D eigenvalue weighted by Crippen LogP contribution is 2.36. The van der Waals surface area contributed by atoms with E-state index >= 15 is 0 Å².